The van der Waals surface area contributed by atoms with Gasteiger partial charge in [0.2, 0.25) is 0 Å². The number of hydrogen-bond acceptors (Lipinski definition) is 2. The highest BCUT2D eigenvalue weighted by Gasteiger charge is 2.59. The lowest BCUT2D eigenvalue weighted by Crippen LogP contribution is -2.69. The van der Waals surface area contributed by atoms with Crippen LogP contribution in [0.15, 0.2) is 0 Å². The van der Waals surface area contributed by atoms with Gasteiger partial charge in [-0.25, -0.2) is 0 Å². The van der Waals surface area contributed by atoms with E-state index in [1.165, 1.54) is 141 Å². The average molecular weight is 719 g/mol. The molecule has 300 valence electrons. The topological polar surface area (TPSA) is 6.48 Å². The summed E-state index contributed by atoms with van der Waals surface area (Å²) in [6, 6.07) is 5.13. The maximum absolute atomic E-state index is 3.47. The Morgan fingerprint density at radius 3 is 0.885 bits per heavy atom. The minimum Gasteiger partial charge on any atom is -0.294 e. The molecule has 2 heteroatoms. The summed E-state index contributed by atoms with van der Waals surface area (Å²) in [5.74, 6) is 9.27. The van der Waals surface area contributed by atoms with E-state index in [0.29, 0.717) is 10.8 Å². The van der Waals surface area contributed by atoms with Crippen molar-refractivity contribution < 1.29 is 0 Å². The Hall–Kier alpha value is -0.0800. The summed E-state index contributed by atoms with van der Waals surface area (Å²) in [4.78, 5) is 6.93. The van der Waals surface area contributed by atoms with Gasteiger partial charge in [0.25, 0.3) is 0 Å². The van der Waals surface area contributed by atoms with Crippen molar-refractivity contribution in [2.24, 2.45) is 70.0 Å². The summed E-state index contributed by atoms with van der Waals surface area (Å²) in [7, 11) is 0. The Kier molecular flexibility index (Phi) is 12.7. The van der Waals surface area contributed by atoms with Gasteiger partial charge in [0.05, 0.1) is 0 Å². The standard InChI is InChI=1S/C50H90N2/c1-33-11-21-39(22-12-33)51(41-25-17-37(18-26-41)49(5,6)7)47-43-29-15-35(3)31-45(43)48(46-32-36(4)16-30-44(46)47)52(40-23-13-34(2)14-24-40)42-27-19-38(20-28-42)50(8,9)10/h33-48H,11-32H2,1-10H3. The molecule has 0 N–H and O–H groups in total. The normalized spacial score (nSPS) is 46.8. The van der Waals surface area contributed by atoms with Crippen molar-refractivity contribution in [3.05, 3.63) is 0 Å². The molecule has 7 aliphatic carbocycles. The van der Waals surface area contributed by atoms with E-state index in [4.69, 9.17) is 0 Å². The van der Waals surface area contributed by atoms with Crippen molar-refractivity contribution in [2.45, 2.75) is 247 Å². The van der Waals surface area contributed by atoms with Crippen molar-refractivity contribution in [2.75, 3.05) is 0 Å². The number of hydrogen-bond donors (Lipinski definition) is 0. The first-order valence-electron chi connectivity index (χ1n) is 24.2. The molecule has 2 nitrogen and oxygen atoms in total. The molecule has 0 heterocycles. The highest BCUT2D eigenvalue weighted by molar-refractivity contribution is 5.11. The predicted octanol–water partition coefficient (Wildman–Crippen LogP) is 13.8. The van der Waals surface area contributed by atoms with Gasteiger partial charge in [-0.05, 0) is 198 Å². The Balaban J connectivity index is 1.26. The molecule has 0 bridgehead atoms. The van der Waals surface area contributed by atoms with Crippen molar-refractivity contribution in [1.82, 2.24) is 9.80 Å². The van der Waals surface area contributed by atoms with Gasteiger partial charge in [-0.15, -0.1) is 0 Å². The van der Waals surface area contributed by atoms with Gasteiger partial charge < -0.3 is 0 Å². The van der Waals surface area contributed by atoms with Gasteiger partial charge in [-0.2, -0.15) is 0 Å². The van der Waals surface area contributed by atoms with Gasteiger partial charge in [-0.3, -0.25) is 9.80 Å². The molecular weight excluding hydrogens is 629 g/mol. The second kappa shape index (κ2) is 16.4. The maximum Gasteiger partial charge on any atom is 0.0164 e. The van der Waals surface area contributed by atoms with Crippen molar-refractivity contribution in [3.8, 4) is 0 Å². The summed E-state index contributed by atoms with van der Waals surface area (Å²) < 4.78 is 0. The zero-order chi connectivity index (χ0) is 36.9. The number of rotatable bonds is 6. The van der Waals surface area contributed by atoms with Crippen LogP contribution in [0.5, 0.6) is 0 Å². The van der Waals surface area contributed by atoms with Gasteiger partial charge in [-0.1, -0.05) is 82.1 Å². The lowest BCUT2D eigenvalue weighted by molar-refractivity contribution is -0.158. The molecule has 0 saturated heterocycles. The third-order valence-electron chi connectivity index (χ3n) is 18.4. The fourth-order valence-electron chi connectivity index (χ4n) is 15.2. The molecule has 0 radical (unpaired) electrons. The van der Waals surface area contributed by atoms with E-state index in [-0.39, 0.29) is 0 Å². The van der Waals surface area contributed by atoms with Crippen molar-refractivity contribution in [3.63, 3.8) is 0 Å². The van der Waals surface area contributed by atoms with Crippen LogP contribution in [0.25, 0.3) is 0 Å². The zero-order valence-electron chi connectivity index (χ0n) is 36.7. The number of nitrogens with zero attached hydrogens (tertiary/aromatic N) is 2. The zero-order valence-corrected chi connectivity index (χ0v) is 36.7. The second-order valence-corrected chi connectivity index (χ2v) is 23.9. The molecule has 7 fully saturated rings. The van der Waals surface area contributed by atoms with Crippen LogP contribution in [0.1, 0.15) is 210 Å². The Bertz CT molecular complexity index is 1070. The van der Waals surface area contributed by atoms with Crippen molar-refractivity contribution in [1.29, 1.82) is 0 Å². The number of fused-ring (bicyclic) bond motifs is 2. The highest BCUT2D eigenvalue weighted by Crippen LogP contribution is 2.58. The molecule has 6 unspecified atom stereocenters. The summed E-state index contributed by atoms with van der Waals surface area (Å²) in [5.41, 5.74) is 0.935. The molecule has 0 aliphatic heterocycles. The molecule has 0 spiro atoms. The van der Waals surface area contributed by atoms with Crippen LogP contribution in [-0.2, 0) is 0 Å². The third kappa shape index (κ3) is 8.59. The summed E-state index contributed by atoms with van der Waals surface area (Å²) in [6.45, 7) is 25.7. The molecule has 0 aromatic rings. The molecule has 6 atom stereocenters. The lowest BCUT2D eigenvalue weighted by atomic mass is 9.51. The second-order valence-electron chi connectivity index (χ2n) is 23.9. The molecule has 52 heavy (non-hydrogen) atoms. The van der Waals surface area contributed by atoms with Gasteiger partial charge >= 0.3 is 0 Å². The van der Waals surface area contributed by atoms with Crippen LogP contribution in [0.4, 0.5) is 0 Å². The predicted molar refractivity (Wildman–Crippen MR) is 224 cm³/mol. The largest absolute Gasteiger partial charge is 0.294 e. The van der Waals surface area contributed by atoms with Gasteiger partial charge in [0.1, 0.15) is 0 Å². The quantitative estimate of drug-likeness (QED) is 0.270. The van der Waals surface area contributed by atoms with Crippen LogP contribution in [0, 0.1) is 70.0 Å². The Morgan fingerprint density at radius 1 is 0.308 bits per heavy atom. The molecule has 0 aromatic heterocycles. The van der Waals surface area contributed by atoms with E-state index >= 15 is 0 Å². The highest BCUT2D eigenvalue weighted by atomic mass is 15.3. The molecule has 7 rings (SSSR count). The molecule has 0 amide bonds. The summed E-state index contributed by atoms with van der Waals surface area (Å²) in [6.07, 6.45) is 32.9. The van der Waals surface area contributed by atoms with E-state index in [1.54, 1.807) is 0 Å². The average Bonchev–Trinajstić information content (AvgIpc) is 3.10. The van der Waals surface area contributed by atoms with Crippen LogP contribution in [-0.4, -0.2) is 46.1 Å². The summed E-state index contributed by atoms with van der Waals surface area (Å²) in [5, 5.41) is 0. The molecule has 7 saturated carbocycles. The van der Waals surface area contributed by atoms with Crippen molar-refractivity contribution >= 4 is 0 Å². The minimum absolute atomic E-state index is 0.467. The SMILES string of the molecule is CC1CCC(N(C2CCC(C(C)(C)C)CC2)C2C3CCC(C)CC3C(N(C3CCC(C)CC3)C3CCC(C(C)(C)C)CC3)C3CC(C)CCC32)CC1. The van der Waals surface area contributed by atoms with E-state index < -0.39 is 0 Å². The van der Waals surface area contributed by atoms with Crippen LogP contribution in [0.3, 0.4) is 0 Å². The smallest absolute Gasteiger partial charge is 0.0164 e. The molecular formula is C50H90N2. The lowest BCUT2D eigenvalue weighted by Gasteiger charge is -2.65. The third-order valence-corrected chi connectivity index (χ3v) is 18.4. The van der Waals surface area contributed by atoms with E-state index in [0.717, 1.165) is 95.4 Å². The molecule has 7 aliphatic rings. The first-order chi connectivity index (χ1) is 24.7. The fraction of sp³-hybridized carbons (Fsp3) is 1.00. The first-order valence-corrected chi connectivity index (χ1v) is 24.2. The van der Waals surface area contributed by atoms with E-state index in [2.05, 4.69) is 79.0 Å². The Labute approximate surface area is 325 Å². The van der Waals surface area contributed by atoms with Crippen LogP contribution >= 0.6 is 0 Å². The summed E-state index contributed by atoms with van der Waals surface area (Å²) >= 11 is 0. The van der Waals surface area contributed by atoms with Gasteiger partial charge in [0, 0.05) is 36.3 Å². The fourth-order valence-corrected chi connectivity index (χ4v) is 15.2. The first kappa shape index (κ1) is 40.1. The minimum atomic E-state index is 0.467. The van der Waals surface area contributed by atoms with E-state index in [1.807, 2.05) is 0 Å². The maximum atomic E-state index is 3.47. The van der Waals surface area contributed by atoms with Gasteiger partial charge in [0.15, 0.2) is 0 Å². The van der Waals surface area contributed by atoms with Crippen LogP contribution in [0.2, 0.25) is 0 Å². The van der Waals surface area contributed by atoms with Crippen LogP contribution < -0.4 is 0 Å². The monoisotopic (exact) mass is 719 g/mol. The molecule has 0 aromatic carbocycles. The van der Waals surface area contributed by atoms with E-state index in [9.17, 15) is 0 Å². The Morgan fingerprint density at radius 2 is 0.577 bits per heavy atom.